The number of methoxy groups -OCH3 is 2. The zero-order valence-corrected chi connectivity index (χ0v) is 10.0. The van der Waals surface area contributed by atoms with Gasteiger partial charge in [-0.15, -0.1) is 0 Å². The fraction of sp³-hybridized carbons (Fsp3) is 0.143. The predicted molar refractivity (Wildman–Crippen MR) is 66.5 cm³/mol. The second-order valence-electron chi connectivity index (χ2n) is 3.60. The zero-order valence-electron chi connectivity index (χ0n) is 10.0. The molecule has 0 aliphatic rings. The number of ether oxygens (including phenoxy) is 2. The Hall–Kier alpha value is -2.72. The fourth-order valence-corrected chi connectivity index (χ4v) is 1.96. The van der Waals surface area contributed by atoms with Crippen molar-refractivity contribution in [1.82, 2.24) is 0 Å². The summed E-state index contributed by atoms with van der Waals surface area (Å²) in [6.07, 6.45) is 0. The molecule has 4 heteroatoms. The molecule has 0 fully saturated rings. The molecule has 4 nitrogen and oxygen atoms in total. The quantitative estimate of drug-likeness (QED) is 0.806. The first kappa shape index (κ1) is 11.8. The summed E-state index contributed by atoms with van der Waals surface area (Å²) in [7, 11) is 3.06. The van der Waals surface area contributed by atoms with Gasteiger partial charge in [0.1, 0.15) is 11.5 Å². The van der Waals surface area contributed by atoms with Gasteiger partial charge in [0.05, 0.1) is 37.5 Å². The summed E-state index contributed by atoms with van der Waals surface area (Å²) in [6, 6.07) is 10.9. The van der Waals surface area contributed by atoms with Gasteiger partial charge in [0.2, 0.25) is 0 Å². The molecule has 0 saturated carbocycles. The Morgan fingerprint density at radius 1 is 0.778 bits per heavy atom. The molecule has 0 aromatic heterocycles. The van der Waals surface area contributed by atoms with Gasteiger partial charge >= 0.3 is 0 Å². The van der Waals surface area contributed by atoms with E-state index in [2.05, 4.69) is 12.1 Å². The Kier molecular flexibility index (Phi) is 3.03. The first-order chi connectivity index (χ1) is 8.76. The third-order valence-electron chi connectivity index (χ3n) is 2.76. The smallest absolute Gasteiger partial charge is 0.128 e. The van der Waals surface area contributed by atoms with Crippen molar-refractivity contribution in [3.05, 3.63) is 35.4 Å². The van der Waals surface area contributed by atoms with Crippen molar-refractivity contribution in [2.45, 2.75) is 0 Å². The van der Waals surface area contributed by atoms with Crippen molar-refractivity contribution in [2.24, 2.45) is 0 Å². The molecular formula is C14H10N2O2. The molecule has 2 aromatic rings. The highest BCUT2D eigenvalue weighted by molar-refractivity contribution is 6.00. The maximum Gasteiger partial charge on any atom is 0.128 e. The molecule has 0 radical (unpaired) electrons. The average Bonchev–Trinajstić information content (AvgIpc) is 2.44. The molecule has 2 aromatic carbocycles. The minimum atomic E-state index is 0.458. The SMILES string of the molecule is COc1ccc(C#N)c2c(OC)ccc(C#N)c12. The molecule has 18 heavy (non-hydrogen) atoms. The molecule has 0 spiro atoms. The van der Waals surface area contributed by atoms with Crippen molar-refractivity contribution >= 4 is 10.8 Å². The Morgan fingerprint density at radius 3 is 1.44 bits per heavy atom. The van der Waals surface area contributed by atoms with Gasteiger partial charge in [-0.2, -0.15) is 10.5 Å². The van der Waals surface area contributed by atoms with E-state index in [0.29, 0.717) is 33.4 Å². The number of benzene rings is 2. The standard InChI is InChI=1S/C14H10N2O2/c1-17-11-5-3-10(8-16)14-12(18-2)6-4-9(7-15)13(11)14/h3-6H,1-2H3. The third kappa shape index (κ3) is 1.61. The van der Waals surface area contributed by atoms with E-state index in [1.54, 1.807) is 24.3 Å². The molecule has 2 rings (SSSR count). The van der Waals surface area contributed by atoms with Gasteiger partial charge < -0.3 is 9.47 Å². The maximum absolute atomic E-state index is 9.15. The summed E-state index contributed by atoms with van der Waals surface area (Å²) in [5, 5.41) is 19.5. The first-order valence-electron chi connectivity index (χ1n) is 5.24. The predicted octanol–water partition coefficient (Wildman–Crippen LogP) is 2.60. The van der Waals surface area contributed by atoms with Crippen LogP contribution in [0.4, 0.5) is 0 Å². The summed E-state index contributed by atoms with van der Waals surface area (Å²) < 4.78 is 10.5. The lowest BCUT2D eigenvalue weighted by Gasteiger charge is -2.11. The molecule has 0 unspecified atom stereocenters. The van der Waals surface area contributed by atoms with Gasteiger partial charge in [-0.1, -0.05) is 0 Å². The molecule has 88 valence electrons. The van der Waals surface area contributed by atoms with E-state index >= 15 is 0 Å². The van der Waals surface area contributed by atoms with Gasteiger partial charge in [0, 0.05) is 10.8 Å². The number of hydrogen-bond donors (Lipinski definition) is 0. The Balaban J connectivity index is 3.04. The lowest BCUT2D eigenvalue weighted by Crippen LogP contribution is -1.94. The van der Waals surface area contributed by atoms with Crippen LogP contribution in [0.3, 0.4) is 0 Å². The van der Waals surface area contributed by atoms with Crippen LogP contribution in [0.1, 0.15) is 11.1 Å². The van der Waals surface area contributed by atoms with Crippen LogP contribution >= 0.6 is 0 Å². The minimum absolute atomic E-state index is 0.458. The Bertz CT molecular complexity index is 632. The van der Waals surface area contributed by atoms with Crippen molar-refractivity contribution in [2.75, 3.05) is 14.2 Å². The summed E-state index contributed by atoms with van der Waals surface area (Å²) in [5.74, 6) is 1.11. The normalized spacial score (nSPS) is 9.56. The highest BCUT2D eigenvalue weighted by Crippen LogP contribution is 2.37. The van der Waals surface area contributed by atoms with E-state index in [1.807, 2.05) is 0 Å². The van der Waals surface area contributed by atoms with Crippen LogP contribution in [0.15, 0.2) is 24.3 Å². The summed E-state index contributed by atoms with van der Waals surface area (Å²) in [4.78, 5) is 0. The number of nitrogens with zero attached hydrogens (tertiary/aromatic N) is 2. The largest absolute Gasteiger partial charge is 0.496 e. The van der Waals surface area contributed by atoms with E-state index in [9.17, 15) is 0 Å². The number of hydrogen-bond acceptors (Lipinski definition) is 4. The number of fused-ring (bicyclic) bond motifs is 1. The molecule has 0 heterocycles. The number of rotatable bonds is 2. The van der Waals surface area contributed by atoms with Crippen LogP contribution in [0.2, 0.25) is 0 Å². The van der Waals surface area contributed by atoms with Crippen LogP contribution < -0.4 is 9.47 Å². The van der Waals surface area contributed by atoms with Crippen LogP contribution in [0, 0.1) is 22.7 Å². The van der Waals surface area contributed by atoms with Gasteiger partial charge in [-0.25, -0.2) is 0 Å². The van der Waals surface area contributed by atoms with E-state index < -0.39 is 0 Å². The van der Waals surface area contributed by atoms with E-state index in [-0.39, 0.29) is 0 Å². The monoisotopic (exact) mass is 238 g/mol. The van der Waals surface area contributed by atoms with Crippen LogP contribution in [0.25, 0.3) is 10.8 Å². The van der Waals surface area contributed by atoms with E-state index in [1.165, 1.54) is 14.2 Å². The van der Waals surface area contributed by atoms with Crippen molar-refractivity contribution < 1.29 is 9.47 Å². The Labute approximate surface area is 105 Å². The third-order valence-corrected chi connectivity index (χ3v) is 2.76. The molecule has 0 amide bonds. The topological polar surface area (TPSA) is 66.0 Å². The molecule has 0 N–H and O–H groups in total. The molecule has 0 saturated heterocycles. The summed E-state index contributed by atoms with van der Waals surface area (Å²) in [5.41, 5.74) is 0.916. The highest BCUT2D eigenvalue weighted by atomic mass is 16.5. The summed E-state index contributed by atoms with van der Waals surface area (Å²) in [6.45, 7) is 0. The lowest BCUT2D eigenvalue weighted by atomic mass is 9.99. The lowest BCUT2D eigenvalue weighted by molar-refractivity contribution is 0.415. The summed E-state index contributed by atoms with van der Waals surface area (Å²) >= 11 is 0. The molecule has 0 atom stereocenters. The highest BCUT2D eigenvalue weighted by Gasteiger charge is 2.15. The zero-order chi connectivity index (χ0) is 13.1. The second kappa shape index (κ2) is 4.65. The second-order valence-corrected chi connectivity index (χ2v) is 3.60. The first-order valence-corrected chi connectivity index (χ1v) is 5.24. The Morgan fingerprint density at radius 2 is 1.17 bits per heavy atom. The van der Waals surface area contributed by atoms with Gasteiger partial charge in [0.25, 0.3) is 0 Å². The molecule has 0 aliphatic carbocycles. The van der Waals surface area contributed by atoms with E-state index in [4.69, 9.17) is 20.0 Å². The molecule has 0 bridgehead atoms. The molecule has 0 aliphatic heterocycles. The fourth-order valence-electron chi connectivity index (χ4n) is 1.96. The maximum atomic E-state index is 9.15. The van der Waals surface area contributed by atoms with Gasteiger partial charge in [0.15, 0.2) is 0 Å². The van der Waals surface area contributed by atoms with Crippen molar-refractivity contribution in [3.8, 4) is 23.6 Å². The van der Waals surface area contributed by atoms with Crippen LogP contribution in [-0.4, -0.2) is 14.2 Å². The van der Waals surface area contributed by atoms with Crippen LogP contribution in [0.5, 0.6) is 11.5 Å². The van der Waals surface area contributed by atoms with Gasteiger partial charge in [-0.05, 0) is 24.3 Å². The average molecular weight is 238 g/mol. The number of nitriles is 2. The van der Waals surface area contributed by atoms with Crippen LogP contribution in [-0.2, 0) is 0 Å². The van der Waals surface area contributed by atoms with Gasteiger partial charge in [-0.3, -0.25) is 0 Å². The minimum Gasteiger partial charge on any atom is -0.496 e. The van der Waals surface area contributed by atoms with Crippen molar-refractivity contribution in [3.63, 3.8) is 0 Å². The molecular weight excluding hydrogens is 228 g/mol. The van der Waals surface area contributed by atoms with E-state index in [0.717, 1.165) is 0 Å². The van der Waals surface area contributed by atoms with Crippen molar-refractivity contribution in [1.29, 1.82) is 10.5 Å².